The van der Waals surface area contributed by atoms with E-state index in [-0.39, 0.29) is 11.8 Å². The van der Waals surface area contributed by atoms with Crippen molar-refractivity contribution in [3.63, 3.8) is 0 Å². The van der Waals surface area contributed by atoms with E-state index in [4.69, 9.17) is 9.84 Å². The Kier molecular flexibility index (Phi) is 3.90. The average molecular weight is 327 g/mol. The van der Waals surface area contributed by atoms with Gasteiger partial charge in [0.15, 0.2) is 0 Å². The molecule has 19 heavy (non-hydrogen) atoms. The van der Waals surface area contributed by atoms with Gasteiger partial charge < -0.3 is 9.84 Å². The van der Waals surface area contributed by atoms with Crippen molar-refractivity contribution in [3.8, 4) is 5.75 Å². The minimum absolute atomic E-state index is 0.177. The molecular formula is C15H19BrO3. The number of hydrogen-bond acceptors (Lipinski definition) is 2. The first-order chi connectivity index (χ1) is 8.89. The summed E-state index contributed by atoms with van der Waals surface area (Å²) in [6.45, 7) is 4.26. The normalized spacial score (nSPS) is 16.5. The molecule has 0 spiro atoms. The lowest BCUT2D eigenvalue weighted by Crippen LogP contribution is -2.14. The van der Waals surface area contributed by atoms with E-state index >= 15 is 0 Å². The van der Waals surface area contributed by atoms with Crippen LogP contribution in [-0.2, 0) is 10.2 Å². The summed E-state index contributed by atoms with van der Waals surface area (Å²) in [5.41, 5.74) is 1.98. The van der Waals surface area contributed by atoms with Gasteiger partial charge in [0.25, 0.3) is 0 Å². The SMILES string of the molecule is COc1cc(C(C)C)c(Br)cc1C1(CC(=O)O)CC1. The van der Waals surface area contributed by atoms with Gasteiger partial charge in [-0.05, 0) is 36.5 Å². The van der Waals surface area contributed by atoms with Crippen molar-refractivity contribution < 1.29 is 14.6 Å². The van der Waals surface area contributed by atoms with Crippen LogP contribution in [0.3, 0.4) is 0 Å². The number of halogens is 1. The van der Waals surface area contributed by atoms with Gasteiger partial charge in [-0.2, -0.15) is 0 Å². The second-order valence-electron chi connectivity index (χ2n) is 5.58. The fraction of sp³-hybridized carbons (Fsp3) is 0.533. The van der Waals surface area contributed by atoms with Crippen molar-refractivity contribution in [2.45, 2.75) is 44.4 Å². The van der Waals surface area contributed by atoms with Gasteiger partial charge in [-0.15, -0.1) is 0 Å². The van der Waals surface area contributed by atoms with Gasteiger partial charge in [0.1, 0.15) is 5.75 Å². The molecule has 0 radical (unpaired) electrons. The molecule has 0 amide bonds. The molecule has 0 bridgehead atoms. The van der Waals surface area contributed by atoms with Crippen molar-refractivity contribution >= 4 is 21.9 Å². The lowest BCUT2D eigenvalue weighted by atomic mass is 9.89. The first-order valence-corrected chi connectivity index (χ1v) is 7.28. The maximum Gasteiger partial charge on any atom is 0.304 e. The molecule has 1 fully saturated rings. The number of carbonyl (C=O) groups is 1. The van der Waals surface area contributed by atoms with Crippen LogP contribution in [0.2, 0.25) is 0 Å². The van der Waals surface area contributed by atoms with Crippen molar-refractivity contribution in [2.75, 3.05) is 7.11 Å². The van der Waals surface area contributed by atoms with Gasteiger partial charge >= 0.3 is 5.97 Å². The van der Waals surface area contributed by atoms with Crippen LogP contribution in [0.5, 0.6) is 5.75 Å². The van der Waals surface area contributed by atoms with Crippen molar-refractivity contribution in [2.24, 2.45) is 0 Å². The monoisotopic (exact) mass is 326 g/mol. The minimum atomic E-state index is -0.747. The fourth-order valence-electron chi connectivity index (χ4n) is 2.58. The first-order valence-electron chi connectivity index (χ1n) is 6.49. The van der Waals surface area contributed by atoms with Crippen LogP contribution in [0.1, 0.15) is 50.2 Å². The Hall–Kier alpha value is -1.03. The molecule has 0 saturated heterocycles. The van der Waals surface area contributed by atoms with Gasteiger partial charge in [-0.25, -0.2) is 0 Å². The van der Waals surface area contributed by atoms with Crippen LogP contribution < -0.4 is 4.74 Å². The average Bonchev–Trinajstić information content (AvgIpc) is 3.08. The second kappa shape index (κ2) is 5.16. The molecule has 0 atom stereocenters. The smallest absolute Gasteiger partial charge is 0.304 e. The van der Waals surface area contributed by atoms with Gasteiger partial charge in [0.05, 0.1) is 13.5 Å². The third-order valence-electron chi connectivity index (χ3n) is 3.86. The van der Waals surface area contributed by atoms with E-state index in [2.05, 4.69) is 29.8 Å². The number of methoxy groups -OCH3 is 1. The maximum atomic E-state index is 11.0. The van der Waals surface area contributed by atoms with Gasteiger partial charge in [0.2, 0.25) is 0 Å². The Morgan fingerprint density at radius 1 is 1.47 bits per heavy atom. The highest BCUT2D eigenvalue weighted by Crippen LogP contribution is 2.55. The Labute approximate surface area is 122 Å². The highest BCUT2D eigenvalue weighted by molar-refractivity contribution is 9.10. The maximum absolute atomic E-state index is 11.0. The molecule has 0 aromatic heterocycles. The number of hydrogen-bond donors (Lipinski definition) is 1. The predicted molar refractivity (Wildman–Crippen MR) is 77.9 cm³/mol. The van der Waals surface area contributed by atoms with E-state index < -0.39 is 5.97 Å². The molecule has 1 saturated carbocycles. The molecule has 0 aliphatic heterocycles. The summed E-state index contributed by atoms with van der Waals surface area (Å²) in [5, 5.41) is 9.07. The third kappa shape index (κ3) is 2.78. The second-order valence-corrected chi connectivity index (χ2v) is 6.43. The highest BCUT2D eigenvalue weighted by atomic mass is 79.9. The van der Waals surface area contributed by atoms with Crippen molar-refractivity contribution in [1.29, 1.82) is 0 Å². The Morgan fingerprint density at radius 3 is 2.53 bits per heavy atom. The number of rotatable bonds is 5. The fourth-order valence-corrected chi connectivity index (χ4v) is 3.38. The van der Waals surface area contributed by atoms with Crippen molar-refractivity contribution in [1.82, 2.24) is 0 Å². The Balaban J connectivity index is 2.46. The zero-order valence-corrected chi connectivity index (χ0v) is 13.1. The van der Waals surface area contributed by atoms with Crippen LogP contribution in [-0.4, -0.2) is 18.2 Å². The lowest BCUT2D eigenvalue weighted by molar-refractivity contribution is -0.137. The molecule has 104 valence electrons. The molecule has 1 aliphatic carbocycles. The molecule has 3 nitrogen and oxygen atoms in total. The molecule has 1 N–H and O–H groups in total. The van der Waals surface area contributed by atoms with Crippen LogP contribution in [0.25, 0.3) is 0 Å². The van der Waals surface area contributed by atoms with E-state index in [1.54, 1.807) is 7.11 Å². The van der Waals surface area contributed by atoms with Crippen LogP contribution in [0.15, 0.2) is 16.6 Å². The standard InChI is InChI=1S/C15H19BrO3/c1-9(2)10-6-13(19-3)11(7-12(10)16)15(4-5-15)8-14(17)18/h6-7,9H,4-5,8H2,1-3H3,(H,17,18). The zero-order valence-electron chi connectivity index (χ0n) is 11.5. The summed E-state index contributed by atoms with van der Waals surface area (Å²) in [7, 11) is 1.65. The summed E-state index contributed by atoms with van der Waals surface area (Å²) < 4.78 is 6.52. The summed E-state index contributed by atoms with van der Waals surface area (Å²) >= 11 is 3.59. The molecule has 4 heteroatoms. The first kappa shape index (κ1) is 14.4. The minimum Gasteiger partial charge on any atom is -0.496 e. The molecule has 0 heterocycles. The largest absolute Gasteiger partial charge is 0.496 e. The van der Waals surface area contributed by atoms with Crippen molar-refractivity contribution in [3.05, 3.63) is 27.7 Å². The molecule has 1 aliphatic rings. The molecular weight excluding hydrogens is 308 g/mol. The Bertz CT molecular complexity index is 504. The highest BCUT2D eigenvalue weighted by Gasteiger charge is 2.48. The quantitative estimate of drug-likeness (QED) is 0.886. The van der Waals surface area contributed by atoms with E-state index in [1.165, 1.54) is 5.56 Å². The molecule has 2 rings (SSSR count). The summed E-state index contributed by atoms with van der Waals surface area (Å²) in [6.07, 6.45) is 2.02. The van der Waals surface area contributed by atoms with Gasteiger partial charge in [-0.3, -0.25) is 4.79 Å². The van der Waals surface area contributed by atoms with Crippen LogP contribution in [0.4, 0.5) is 0 Å². The number of carboxylic acids is 1. The van der Waals surface area contributed by atoms with Gasteiger partial charge in [-0.1, -0.05) is 29.8 Å². The lowest BCUT2D eigenvalue weighted by Gasteiger charge is -2.20. The number of aliphatic carboxylic acids is 1. The Morgan fingerprint density at radius 2 is 2.11 bits per heavy atom. The topological polar surface area (TPSA) is 46.5 Å². The zero-order chi connectivity index (χ0) is 14.2. The van der Waals surface area contributed by atoms with E-state index in [0.717, 1.165) is 28.6 Å². The molecule has 0 unspecified atom stereocenters. The number of ether oxygens (including phenoxy) is 1. The van der Waals surface area contributed by atoms with Crippen LogP contribution in [0, 0.1) is 0 Å². The van der Waals surface area contributed by atoms with Crippen LogP contribution >= 0.6 is 15.9 Å². The van der Waals surface area contributed by atoms with E-state index in [1.807, 2.05) is 12.1 Å². The summed E-state index contributed by atoms with van der Waals surface area (Å²) in [4.78, 5) is 11.0. The van der Waals surface area contributed by atoms with Gasteiger partial charge in [0, 0.05) is 15.5 Å². The molecule has 1 aromatic rings. The molecule has 1 aromatic carbocycles. The number of benzene rings is 1. The summed E-state index contributed by atoms with van der Waals surface area (Å²) in [6, 6.07) is 4.08. The number of carboxylic acid groups (broad SMARTS) is 1. The predicted octanol–water partition coefficient (Wildman–Crippen LogP) is 4.09. The third-order valence-corrected chi connectivity index (χ3v) is 4.54. The van der Waals surface area contributed by atoms with E-state index in [9.17, 15) is 4.79 Å². The van der Waals surface area contributed by atoms with E-state index in [0.29, 0.717) is 5.92 Å². The summed E-state index contributed by atoms with van der Waals surface area (Å²) in [5.74, 6) is 0.459.